The molecule has 2 aromatic rings. The third kappa shape index (κ3) is 6.01. The molecule has 1 unspecified atom stereocenters. The van der Waals surface area contributed by atoms with E-state index in [2.05, 4.69) is 10.3 Å². The van der Waals surface area contributed by atoms with Crippen LogP contribution in [0.2, 0.25) is 0 Å². The second-order valence-electron chi connectivity index (χ2n) is 7.33. The molecule has 12 heteroatoms. The number of carbonyl (C=O) groups is 1. The Balaban J connectivity index is 2.00. The minimum absolute atomic E-state index is 0.0109. The minimum atomic E-state index is -4.92. The predicted molar refractivity (Wildman–Crippen MR) is 106 cm³/mol. The number of alkyl halides is 3. The van der Waals surface area contributed by atoms with Crippen molar-refractivity contribution in [1.29, 1.82) is 0 Å². The van der Waals surface area contributed by atoms with Crippen molar-refractivity contribution in [1.82, 2.24) is 4.98 Å². The van der Waals surface area contributed by atoms with E-state index >= 15 is 0 Å². The second kappa shape index (κ2) is 9.21. The van der Waals surface area contributed by atoms with Gasteiger partial charge in [-0.05, 0) is 42.9 Å². The van der Waals surface area contributed by atoms with E-state index in [4.69, 9.17) is 4.74 Å². The van der Waals surface area contributed by atoms with Crippen LogP contribution in [0.4, 0.5) is 22.7 Å². The fourth-order valence-corrected chi connectivity index (χ4v) is 4.96. The Bertz CT molecular complexity index is 1050. The highest BCUT2D eigenvalue weighted by molar-refractivity contribution is 7.90. The summed E-state index contributed by atoms with van der Waals surface area (Å²) in [7, 11) is -4.14. The zero-order valence-electron chi connectivity index (χ0n) is 16.4. The van der Waals surface area contributed by atoms with Crippen molar-refractivity contribution in [3.63, 3.8) is 0 Å². The number of nitrogens with zero attached hydrogens (tertiary/aromatic N) is 1. The SMILES string of the molecule is CS(=O)(=O)c1ccc(C(CC2CCOCC2)C(=O)Nc2ncc(F)s2)cc1C(F)(F)F. The maximum Gasteiger partial charge on any atom is 0.417 e. The number of aromatic nitrogens is 1. The first-order valence-corrected chi connectivity index (χ1v) is 12.1. The molecule has 1 amide bonds. The number of thiazole rings is 1. The lowest BCUT2D eigenvalue weighted by Gasteiger charge is -2.27. The van der Waals surface area contributed by atoms with Crippen molar-refractivity contribution in [3.05, 3.63) is 40.7 Å². The molecule has 0 spiro atoms. The topological polar surface area (TPSA) is 85.4 Å². The number of sulfone groups is 1. The van der Waals surface area contributed by atoms with E-state index in [1.807, 2.05) is 0 Å². The second-order valence-corrected chi connectivity index (χ2v) is 10.3. The zero-order valence-corrected chi connectivity index (χ0v) is 18.0. The Hall–Kier alpha value is -2.05. The maximum absolute atomic E-state index is 13.6. The Kier molecular flexibility index (Phi) is 7.01. The van der Waals surface area contributed by atoms with Crippen LogP contribution < -0.4 is 5.32 Å². The highest BCUT2D eigenvalue weighted by Gasteiger charge is 2.38. The molecule has 0 saturated carbocycles. The molecule has 1 aromatic carbocycles. The van der Waals surface area contributed by atoms with Crippen molar-refractivity contribution >= 4 is 32.2 Å². The van der Waals surface area contributed by atoms with E-state index in [0.29, 0.717) is 49.7 Å². The number of carbonyl (C=O) groups excluding carboxylic acids is 1. The number of nitrogens with one attached hydrogen (secondary N) is 1. The van der Waals surface area contributed by atoms with Gasteiger partial charge in [0.1, 0.15) is 0 Å². The molecule has 0 bridgehead atoms. The number of benzene rings is 1. The Morgan fingerprint density at radius 2 is 2.00 bits per heavy atom. The van der Waals surface area contributed by atoms with Gasteiger partial charge in [0.15, 0.2) is 20.1 Å². The molecule has 3 rings (SSSR count). The number of rotatable bonds is 6. The van der Waals surface area contributed by atoms with Crippen molar-refractivity contribution in [3.8, 4) is 0 Å². The summed E-state index contributed by atoms with van der Waals surface area (Å²) in [6.45, 7) is 0.967. The first-order valence-electron chi connectivity index (χ1n) is 9.36. The summed E-state index contributed by atoms with van der Waals surface area (Å²) < 4.78 is 83.0. The van der Waals surface area contributed by atoms with Gasteiger partial charge in [0.2, 0.25) is 5.91 Å². The lowest BCUT2D eigenvalue weighted by Crippen LogP contribution is -2.26. The fraction of sp³-hybridized carbons (Fsp3) is 0.474. The van der Waals surface area contributed by atoms with E-state index in [0.717, 1.165) is 12.3 Å². The van der Waals surface area contributed by atoms with E-state index in [9.17, 15) is 30.8 Å². The van der Waals surface area contributed by atoms with Crippen LogP contribution in [0.25, 0.3) is 0 Å². The van der Waals surface area contributed by atoms with E-state index in [-0.39, 0.29) is 23.0 Å². The summed E-state index contributed by atoms with van der Waals surface area (Å²) in [5, 5.41) is 1.82. The first-order chi connectivity index (χ1) is 14.4. The van der Waals surface area contributed by atoms with Crippen LogP contribution in [0.5, 0.6) is 0 Å². The van der Waals surface area contributed by atoms with Crippen LogP contribution in [-0.4, -0.2) is 38.8 Å². The summed E-state index contributed by atoms with van der Waals surface area (Å²) >= 11 is 0.599. The molecule has 2 heterocycles. The third-order valence-corrected chi connectivity index (χ3v) is 6.90. The number of ether oxygens (including phenoxy) is 1. The van der Waals surface area contributed by atoms with Crippen LogP contribution >= 0.6 is 11.3 Å². The molecule has 1 saturated heterocycles. The van der Waals surface area contributed by atoms with Crippen LogP contribution in [0.3, 0.4) is 0 Å². The van der Waals surface area contributed by atoms with Crippen molar-refractivity contribution in [2.75, 3.05) is 24.8 Å². The molecule has 1 atom stereocenters. The van der Waals surface area contributed by atoms with Crippen LogP contribution in [0.1, 0.15) is 36.3 Å². The monoisotopic (exact) mass is 480 g/mol. The smallest absolute Gasteiger partial charge is 0.381 e. The van der Waals surface area contributed by atoms with E-state index < -0.39 is 43.4 Å². The molecule has 1 aliphatic rings. The zero-order chi connectivity index (χ0) is 22.8. The molecule has 31 heavy (non-hydrogen) atoms. The van der Waals surface area contributed by atoms with E-state index in [1.54, 1.807) is 0 Å². The van der Waals surface area contributed by atoms with Gasteiger partial charge in [0, 0.05) is 19.5 Å². The Morgan fingerprint density at radius 3 is 2.55 bits per heavy atom. The summed E-state index contributed by atoms with van der Waals surface area (Å²) in [5.74, 6) is -1.62. The average molecular weight is 481 g/mol. The van der Waals surface area contributed by atoms with Crippen molar-refractivity contribution in [2.24, 2.45) is 5.92 Å². The molecular weight excluding hydrogens is 460 g/mol. The molecule has 1 N–H and O–H groups in total. The largest absolute Gasteiger partial charge is 0.417 e. The molecule has 0 aliphatic carbocycles. The van der Waals surface area contributed by atoms with E-state index in [1.165, 1.54) is 6.07 Å². The van der Waals surface area contributed by atoms with Crippen LogP contribution in [0.15, 0.2) is 29.3 Å². The maximum atomic E-state index is 13.6. The molecule has 170 valence electrons. The van der Waals surface area contributed by atoms with Crippen LogP contribution in [-0.2, 0) is 25.5 Å². The predicted octanol–water partition coefficient (Wildman–Crippen LogP) is 4.24. The number of anilines is 1. The van der Waals surface area contributed by atoms with Gasteiger partial charge < -0.3 is 10.1 Å². The average Bonchev–Trinajstić information content (AvgIpc) is 3.09. The fourth-order valence-electron chi connectivity index (χ4n) is 3.52. The van der Waals surface area contributed by atoms with Gasteiger partial charge in [0.05, 0.1) is 22.6 Å². The minimum Gasteiger partial charge on any atom is -0.381 e. The van der Waals surface area contributed by atoms with Crippen molar-refractivity contribution in [2.45, 2.75) is 36.3 Å². The van der Waals surface area contributed by atoms with Crippen molar-refractivity contribution < 1.29 is 35.5 Å². The number of amides is 1. The van der Waals surface area contributed by atoms with Gasteiger partial charge in [0.25, 0.3) is 0 Å². The van der Waals surface area contributed by atoms with Gasteiger partial charge in [-0.15, -0.1) is 0 Å². The first kappa shape index (κ1) is 23.6. The standard InChI is InChI=1S/C19H20F4N2O4S2/c1-31(27,28)15-3-2-12(9-14(15)19(21,22)23)13(8-11-4-6-29-7-5-11)17(26)25-18-24-10-16(20)30-18/h2-3,9-11,13H,4-8H2,1H3,(H,24,25,26). The number of hydrogen-bond donors (Lipinski definition) is 1. The number of halogens is 4. The van der Waals surface area contributed by atoms with Gasteiger partial charge >= 0.3 is 6.18 Å². The van der Waals surface area contributed by atoms with Gasteiger partial charge in [-0.2, -0.15) is 17.6 Å². The van der Waals surface area contributed by atoms with Gasteiger partial charge in [-0.1, -0.05) is 17.4 Å². The van der Waals surface area contributed by atoms with Crippen LogP contribution in [0, 0.1) is 11.0 Å². The lowest BCUT2D eigenvalue weighted by atomic mass is 9.84. The quantitative estimate of drug-likeness (QED) is 0.625. The molecule has 1 aliphatic heterocycles. The third-order valence-electron chi connectivity index (χ3n) is 5.04. The molecule has 0 radical (unpaired) electrons. The summed E-state index contributed by atoms with van der Waals surface area (Å²) in [5.41, 5.74) is -1.29. The molecule has 6 nitrogen and oxygen atoms in total. The highest BCUT2D eigenvalue weighted by Crippen LogP contribution is 2.38. The summed E-state index contributed by atoms with van der Waals surface area (Å²) in [6.07, 6.45) is -1.78. The highest BCUT2D eigenvalue weighted by atomic mass is 32.2. The molecule has 1 fully saturated rings. The lowest BCUT2D eigenvalue weighted by molar-refractivity contribution is -0.140. The van der Waals surface area contributed by atoms with Gasteiger partial charge in [-0.25, -0.2) is 13.4 Å². The molecule has 1 aromatic heterocycles. The number of hydrogen-bond acceptors (Lipinski definition) is 6. The van der Waals surface area contributed by atoms with Gasteiger partial charge in [-0.3, -0.25) is 4.79 Å². The summed E-state index contributed by atoms with van der Waals surface area (Å²) in [4.78, 5) is 15.8. The Morgan fingerprint density at radius 1 is 1.32 bits per heavy atom. The molecular formula is C19H20F4N2O4S2. The Labute approximate surface area is 180 Å². The summed E-state index contributed by atoms with van der Waals surface area (Å²) in [6, 6.07) is 2.81. The normalized spacial score (nSPS) is 16.8.